The lowest BCUT2D eigenvalue weighted by atomic mass is 9.79. The number of hydrogen-bond acceptors (Lipinski definition) is 5. The van der Waals surface area contributed by atoms with Crippen LogP contribution < -0.4 is 14.8 Å². The maximum Gasteiger partial charge on any atom is 0.120 e. The predicted octanol–water partition coefficient (Wildman–Crippen LogP) is 5.80. The fourth-order valence-corrected chi connectivity index (χ4v) is 5.44. The van der Waals surface area contributed by atoms with E-state index < -0.39 is 0 Å². The number of ether oxygens (including phenoxy) is 2. The van der Waals surface area contributed by atoms with Crippen molar-refractivity contribution >= 4 is 5.69 Å². The van der Waals surface area contributed by atoms with Crippen LogP contribution in [-0.4, -0.2) is 49.4 Å². The van der Waals surface area contributed by atoms with Crippen LogP contribution in [0.25, 0.3) is 0 Å². The van der Waals surface area contributed by atoms with Gasteiger partial charge in [0.1, 0.15) is 23.9 Å². The monoisotopic (exact) mass is 486 g/mol. The Labute approximate surface area is 215 Å². The van der Waals surface area contributed by atoms with E-state index in [0.717, 1.165) is 56.0 Å². The van der Waals surface area contributed by atoms with Crippen LogP contribution in [0, 0.1) is 0 Å². The molecule has 36 heavy (non-hydrogen) atoms. The van der Waals surface area contributed by atoms with Crippen molar-refractivity contribution in [3.8, 4) is 17.2 Å². The minimum atomic E-state index is 0.266. The van der Waals surface area contributed by atoms with Crippen LogP contribution in [0.15, 0.2) is 60.7 Å². The SMILES string of the molecule is COc1ccc(C2CCc3cc(O)ccc3C2)c(NC(C)Cc2ccc(OCCN3CCC3)cc2)c1. The fourth-order valence-electron chi connectivity index (χ4n) is 5.44. The smallest absolute Gasteiger partial charge is 0.120 e. The Kier molecular flexibility index (Phi) is 7.66. The van der Waals surface area contributed by atoms with Gasteiger partial charge in [-0.1, -0.05) is 24.3 Å². The molecule has 1 fully saturated rings. The van der Waals surface area contributed by atoms with Gasteiger partial charge in [-0.2, -0.15) is 0 Å². The molecule has 0 spiro atoms. The van der Waals surface area contributed by atoms with E-state index in [2.05, 4.69) is 65.7 Å². The summed E-state index contributed by atoms with van der Waals surface area (Å²) < 4.78 is 11.5. The molecule has 0 saturated carbocycles. The Morgan fingerprint density at radius 1 is 1.00 bits per heavy atom. The number of aromatic hydroxyl groups is 1. The van der Waals surface area contributed by atoms with Gasteiger partial charge < -0.3 is 19.9 Å². The molecule has 1 heterocycles. The van der Waals surface area contributed by atoms with E-state index >= 15 is 0 Å². The maximum atomic E-state index is 9.85. The molecule has 2 N–H and O–H groups in total. The van der Waals surface area contributed by atoms with E-state index in [-0.39, 0.29) is 6.04 Å². The van der Waals surface area contributed by atoms with E-state index in [0.29, 0.717) is 11.7 Å². The number of nitrogens with zero attached hydrogens (tertiary/aromatic N) is 1. The first kappa shape index (κ1) is 24.5. The third kappa shape index (κ3) is 5.96. The predicted molar refractivity (Wildman–Crippen MR) is 146 cm³/mol. The zero-order valence-corrected chi connectivity index (χ0v) is 21.5. The van der Waals surface area contributed by atoms with Crippen LogP contribution >= 0.6 is 0 Å². The minimum Gasteiger partial charge on any atom is -0.508 e. The molecule has 3 aromatic carbocycles. The standard InChI is InChI=1S/C31H38N2O3/c1-22(18-23-4-10-28(11-5-23)36-17-16-33-14-3-15-33)32-31-21-29(35-2)12-13-30(31)26-7-6-25-20-27(34)9-8-24(25)19-26/h4-5,8-13,20-22,26,32,34H,3,6-7,14-19H2,1-2H3. The summed E-state index contributed by atoms with van der Waals surface area (Å²) in [5, 5.41) is 13.6. The number of anilines is 1. The largest absolute Gasteiger partial charge is 0.508 e. The highest BCUT2D eigenvalue weighted by Gasteiger charge is 2.23. The van der Waals surface area contributed by atoms with Gasteiger partial charge in [-0.15, -0.1) is 0 Å². The summed E-state index contributed by atoms with van der Waals surface area (Å²) >= 11 is 0. The Balaban J connectivity index is 1.22. The first-order chi connectivity index (χ1) is 17.6. The second-order valence-electron chi connectivity index (χ2n) is 10.3. The van der Waals surface area contributed by atoms with Crippen LogP contribution in [-0.2, 0) is 19.3 Å². The molecule has 0 amide bonds. The van der Waals surface area contributed by atoms with E-state index in [4.69, 9.17) is 9.47 Å². The van der Waals surface area contributed by atoms with Gasteiger partial charge >= 0.3 is 0 Å². The van der Waals surface area contributed by atoms with E-state index in [9.17, 15) is 5.11 Å². The quantitative estimate of drug-likeness (QED) is 0.379. The number of phenols is 1. The average molecular weight is 487 g/mol. The van der Waals surface area contributed by atoms with Gasteiger partial charge in [0, 0.05) is 24.3 Å². The van der Waals surface area contributed by atoms with Crippen molar-refractivity contribution < 1.29 is 14.6 Å². The van der Waals surface area contributed by atoms with Crippen LogP contribution in [0.1, 0.15) is 47.9 Å². The molecule has 190 valence electrons. The number of phenolic OH excluding ortho intramolecular Hbond substituents is 1. The van der Waals surface area contributed by atoms with Crippen molar-refractivity contribution in [3.63, 3.8) is 0 Å². The first-order valence-electron chi connectivity index (χ1n) is 13.3. The second-order valence-corrected chi connectivity index (χ2v) is 10.3. The number of likely N-dealkylation sites (tertiary alicyclic amines) is 1. The normalized spacial score (nSPS) is 18.1. The number of rotatable bonds is 10. The lowest BCUT2D eigenvalue weighted by molar-refractivity contribution is 0.147. The third-order valence-corrected chi connectivity index (χ3v) is 7.61. The van der Waals surface area contributed by atoms with E-state index in [1.807, 2.05) is 6.07 Å². The molecule has 5 heteroatoms. The van der Waals surface area contributed by atoms with Crippen LogP contribution in [0.3, 0.4) is 0 Å². The molecule has 5 nitrogen and oxygen atoms in total. The Hall–Kier alpha value is -3.18. The van der Waals surface area contributed by atoms with Crippen molar-refractivity contribution in [3.05, 3.63) is 82.9 Å². The lowest BCUT2D eigenvalue weighted by Crippen LogP contribution is -2.39. The number of benzene rings is 3. The summed E-state index contributed by atoms with van der Waals surface area (Å²) in [4.78, 5) is 2.42. The highest BCUT2D eigenvalue weighted by molar-refractivity contribution is 5.58. The van der Waals surface area contributed by atoms with E-state index in [1.165, 1.54) is 41.8 Å². The summed E-state index contributed by atoms with van der Waals surface area (Å²) in [6.45, 7) is 6.42. The van der Waals surface area contributed by atoms with E-state index in [1.54, 1.807) is 13.2 Å². The fraction of sp³-hybridized carbons (Fsp3) is 0.419. The highest BCUT2D eigenvalue weighted by Crippen LogP contribution is 2.38. The van der Waals surface area contributed by atoms with Crippen LogP contribution in [0.4, 0.5) is 5.69 Å². The molecule has 0 aromatic heterocycles. The highest BCUT2D eigenvalue weighted by atomic mass is 16.5. The van der Waals surface area contributed by atoms with Gasteiger partial charge in [-0.3, -0.25) is 4.90 Å². The third-order valence-electron chi connectivity index (χ3n) is 7.61. The molecule has 1 aliphatic heterocycles. The zero-order valence-electron chi connectivity index (χ0n) is 21.5. The summed E-state index contributed by atoms with van der Waals surface area (Å²) in [6.07, 6.45) is 5.30. The number of aryl methyl sites for hydroxylation is 1. The molecule has 2 aliphatic rings. The molecule has 2 unspecified atom stereocenters. The molecular weight excluding hydrogens is 448 g/mol. The molecule has 1 saturated heterocycles. The Morgan fingerprint density at radius 2 is 1.81 bits per heavy atom. The summed E-state index contributed by atoms with van der Waals surface area (Å²) in [6, 6.07) is 21.0. The van der Waals surface area contributed by atoms with Crippen molar-refractivity contribution in [2.75, 3.05) is 38.7 Å². The number of nitrogens with one attached hydrogen (secondary N) is 1. The summed E-state index contributed by atoms with van der Waals surface area (Å²) in [7, 11) is 1.72. The van der Waals surface area contributed by atoms with Crippen LogP contribution in [0.2, 0.25) is 0 Å². The van der Waals surface area contributed by atoms with Gasteiger partial charge in [0.25, 0.3) is 0 Å². The zero-order chi connectivity index (χ0) is 24.9. The maximum absolute atomic E-state index is 9.85. The van der Waals surface area contributed by atoms with Crippen molar-refractivity contribution in [1.82, 2.24) is 4.90 Å². The van der Waals surface area contributed by atoms with Gasteiger partial charge in [-0.05, 0) is 111 Å². The molecule has 3 aromatic rings. The molecule has 0 bridgehead atoms. The number of methoxy groups -OCH3 is 1. The minimum absolute atomic E-state index is 0.266. The average Bonchev–Trinajstić information content (AvgIpc) is 2.86. The number of fused-ring (bicyclic) bond motifs is 1. The number of hydrogen-bond donors (Lipinski definition) is 2. The van der Waals surface area contributed by atoms with Crippen molar-refractivity contribution in [2.45, 2.75) is 51.0 Å². The topological polar surface area (TPSA) is 54.0 Å². The second kappa shape index (κ2) is 11.3. The Bertz CT molecular complexity index is 1160. The molecule has 5 rings (SSSR count). The molecular formula is C31H38N2O3. The Morgan fingerprint density at radius 3 is 2.56 bits per heavy atom. The molecule has 0 radical (unpaired) electrons. The lowest BCUT2D eigenvalue weighted by Gasteiger charge is -2.30. The molecule has 1 aliphatic carbocycles. The van der Waals surface area contributed by atoms with Gasteiger partial charge in [0.2, 0.25) is 0 Å². The van der Waals surface area contributed by atoms with Gasteiger partial charge in [0.15, 0.2) is 0 Å². The summed E-state index contributed by atoms with van der Waals surface area (Å²) in [5.74, 6) is 2.62. The van der Waals surface area contributed by atoms with Gasteiger partial charge in [-0.25, -0.2) is 0 Å². The van der Waals surface area contributed by atoms with Crippen LogP contribution in [0.5, 0.6) is 17.2 Å². The first-order valence-corrected chi connectivity index (χ1v) is 13.3. The molecule has 2 atom stereocenters. The summed E-state index contributed by atoms with van der Waals surface area (Å²) in [5.41, 5.74) is 6.40. The van der Waals surface area contributed by atoms with Crippen molar-refractivity contribution in [2.24, 2.45) is 0 Å². The van der Waals surface area contributed by atoms with Crippen molar-refractivity contribution in [1.29, 1.82) is 0 Å². The van der Waals surface area contributed by atoms with Gasteiger partial charge in [0.05, 0.1) is 7.11 Å².